The van der Waals surface area contributed by atoms with Gasteiger partial charge in [-0.25, -0.2) is 18.5 Å². The number of carbonyl (C=O) groups is 1. The number of aromatic nitrogens is 3. The Bertz CT molecular complexity index is 1460. The van der Waals surface area contributed by atoms with Crippen molar-refractivity contribution in [2.45, 2.75) is 70.6 Å². The Morgan fingerprint density at radius 2 is 2.00 bits per heavy atom. The minimum atomic E-state index is -4.36. The Hall–Kier alpha value is -3.40. The van der Waals surface area contributed by atoms with E-state index in [1.807, 2.05) is 19.9 Å². The average Bonchev–Trinajstić information content (AvgIpc) is 3.53. The van der Waals surface area contributed by atoms with E-state index in [1.165, 1.54) is 36.0 Å². The first-order chi connectivity index (χ1) is 20.1. The van der Waals surface area contributed by atoms with Crippen LogP contribution in [0.4, 0.5) is 4.39 Å². The monoisotopic (exact) mass is 603 g/mol. The number of esters is 1. The third-order valence-electron chi connectivity index (χ3n) is 7.30. The maximum atomic E-state index is 15.5. The topological polar surface area (TPSA) is 157 Å². The Morgan fingerprint density at radius 3 is 2.67 bits per heavy atom. The van der Waals surface area contributed by atoms with Crippen molar-refractivity contribution in [3.05, 3.63) is 60.2 Å². The van der Waals surface area contributed by atoms with E-state index in [2.05, 4.69) is 15.2 Å². The highest BCUT2D eigenvalue weighted by molar-refractivity contribution is 7.52. The smallest absolute Gasteiger partial charge is 0.459 e. The zero-order valence-corrected chi connectivity index (χ0v) is 24.7. The molecule has 1 aliphatic heterocycles. The van der Waals surface area contributed by atoms with E-state index in [1.54, 1.807) is 31.2 Å². The molecule has 12 nitrogen and oxygen atoms in total. The molecular formula is C28H35FN5O7P. The summed E-state index contributed by atoms with van der Waals surface area (Å²) < 4.78 is 53.1. The molecule has 0 saturated carbocycles. The van der Waals surface area contributed by atoms with E-state index in [-0.39, 0.29) is 24.0 Å². The predicted molar refractivity (Wildman–Crippen MR) is 149 cm³/mol. The number of rotatable bonds is 13. The second kappa shape index (κ2) is 13.3. The average molecular weight is 604 g/mol. The molecule has 6 atom stereocenters. The number of hydrogen-bond acceptors (Lipinski definition) is 10. The van der Waals surface area contributed by atoms with Crippen LogP contribution in [0, 0.1) is 24.2 Å². The predicted octanol–water partition coefficient (Wildman–Crippen LogP) is 4.02. The number of hydrogen-bond donors (Lipinski definition) is 2. The molecule has 3 aromatic rings. The second-order valence-electron chi connectivity index (χ2n) is 10.1. The number of nitrogens with one attached hydrogen (secondary N) is 1. The molecule has 1 aromatic carbocycles. The highest BCUT2D eigenvalue weighted by Gasteiger charge is 2.59. The Kier molecular flexibility index (Phi) is 9.97. The van der Waals surface area contributed by atoms with Crippen molar-refractivity contribution in [2.75, 3.05) is 13.2 Å². The minimum absolute atomic E-state index is 0.0961. The number of benzene rings is 1. The normalized spacial score (nSPS) is 24.3. The number of fused-ring (bicyclic) bond motifs is 1. The summed E-state index contributed by atoms with van der Waals surface area (Å²) in [5, 5.41) is 27.7. The van der Waals surface area contributed by atoms with Crippen LogP contribution in [-0.2, 0) is 29.0 Å². The van der Waals surface area contributed by atoms with Gasteiger partial charge in [-0.2, -0.15) is 15.4 Å². The van der Waals surface area contributed by atoms with E-state index >= 15 is 4.39 Å². The second-order valence-corrected chi connectivity index (χ2v) is 11.8. The highest BCUT2D eigenvalue weighted by Crippen LogP contribution is 2.47. The maximum absolute atomic E-state index is 15.5. The molecule has 42 heavy (non-hydrogen) atoms. The summed E-state index contributed by atoms with van der Waals surface area (Å²) in [6.45, 7) is 6.68. The van der Waals surface area contributed by atoms with Gasteiger partial charge in [-0.1, -0.05) is 44.9 Å². The molecule has 4 rings (SSSR count). The summed E-state index contributed by atoms with van der Waals surface area (Å²) in [7, 11) is -4.36. The van der Waals surface area contributed by atoms with Crippen molar-refractivity contribution < 1.29 is 37.4 Å². The van der Waals surface area contributed by atoms with E-state index in [9.17, 15) is 19.7 Å². The number of para-hydroxylation sites is 1. The van der Waals surface area contributed by atoms with E-state index in [0.29, 0.717) is 11.2 Å². The summed E-state index contributed by atoms with van der Waals surface area (Å²) in [5.41, 5.74) is -0.905. The van der Waals surface area contributed by atoms with Crippen molar-refractivity contribution in [2.24, 2.45) is 5.92 Å². The summed E-state index contributed by atoms with van der Waals surface area (Å²) in [5.74, 6) is -0.318. The molecule has 0 radical (unpaired) electrons. The van der Waals surface area contributed by atoms with Crippen LogP contribution in [0.2, 0.25) is 0 Å². The van der Waals surface area contributed by atoms with Gasteiger partial charge in [0, 0.05) is 0 Å². The molecule has 226 valence electrons. The molecule has 2 N–H and O–H groups in total. The van der Waals surface area contributed by atoms with Crippen LogP contribution in [0.5, 0.6) is 5.75 Å². The zero-order valence-electron chi connectivity index (χ0n) is 23.8. The van der Waals surface area contributed by atoms with Gasteiger partial charge in [0.2, 0.25) is 5.60 Å². The standard InChI is InChI=1S/C28H35FN5O7P/c1-5-20(6-2)14-38-27(36)19(4)33-42(37,41-21-10-8-7-9-11-21)39-15-23-25(29)26(35)28(16-30,40-23)24-13-12-22-18(3)31-17-32-34(22)24/h7-13,17,19-20,23,25-26,35H,5-6,14-15H2,1-4H3,(H,33,37)/t19-,23+,25-,26+,28-,42-/m0/s1. The van der Waals surface area contributed by atoms with Crippen LogP contribution in [0.1, 0.15) is 45.0 Å². The number of alkyl halides is 1. The molecule has 0 aliphatic carbocycles. The molecule has 2 aromatic heterocycles. The minimum Gasteiger partial charge on any atom is -0.464 e. The fourth-order valence-electron chi connectivity index (χ4n) is 4.65. The number of aliphatic hydroxyl groups is 1. The van der Waals surface area contributed by atoms with Crippen LogP contribution in [0.25, 0.3) is 5.52 Å². The molecular weight excluding hydrogens is 568 g/mol. The largest absolute Gasteiger partial charge is 0.464 e. The number of aryl methyl sites for hydroxylation is 1. The molecule has 0 amide bonds. The number of nitriles is 1. The summed E-state index contributed by atoms with van der Waals surface area (Å²) in [4.78, 5) is 16.8. The number of carbonyl (C=O) groups excluding carboxylic acids is 1. The van der Waals surface area contributed by atoms with Gasteiger partial charge < -0.3 is 19.1 Å². The molecule has 0 spiro atoms. The van der Waals surface area contributed by atoms with Crippen molar-refractivity contribution in [3.63, 3.8) is 0 Å². The van der Waals surface area contributed by atoms with Gasteiger partial charge in [-0.3, -0.25) is 9.32 Å². The van der Waals surface area contributed by atoms with Crippen LogP contribution in [0.3, 0.4) is 0 Å². The number of halogens is 1. The lowest BCUT2D eigenvalue weighted by Gasteiger charge is -2.25. The lowest BCUT2D eigenvalue weighted by Crippen LogP contribution is -2.39. The Labute approximate surface area is 243 Å². The van der Waals surface area contributed by atoms with E-state index in [4.69, 9.17) is 18.5 Å². The van der Waals surface area contributed by atoms with Gasteiger partial charge in [-0.05, 0) is 44.0 Å². The summed E-state index contributed by atoms with van der Waals surface area (Å²) in [6, 6.07) is 12.0. The summed E-state index contributed by atoms with van der Waals surface area (Å²) >= 11 is 0. The van der Waals surface area contributed by atoms with Gasteiger partial charge in [0.1, 0.15) is 36.4 Å². The fourth-order valence-corrected chi connectivity index (χ4v) is 6.15. The zero-order chi connectivity index (χ0) is 30.5. The van der Waals surface area contributed by atoms with Crippen molar-refractivity contribution >= 4 is 19.2 Å². The van der Waals surface area contributed by atoms with Crippen molar-refractivity contribution in [1.29, 1.82) is 5.26 Å². The molecule has 1 aliphatic rings. The van der Waals surface area contributed by atoms with Crippen molar-refractivity contribution in [3.8, 4) is 11.8 Å². The quantitative estimate of drug-likeness (QED) is 0.215. The third-order valence-corrected chi connectivity index (χ3v) is 8.94. The van der Waals surface area contributed by atoms with Gasteiger partial charge in [0.15, 0.2) is 6.17 Å². The fraction of sp³-hybridized carbons (Fsp3) is 0.500. The van der Waals surface area contributed by atoms with Crippen LogP contribution in [0.15, 0.2) is 48.8 Å². The molecule has 1 fully saturated rings. The summed E-state index contributed by atoms with van der Waals surface area (Å²) in [6.07, 6.45) is -2.63. The molecule has 14 heteroatoms. The number of aliphatic hydroxyl groups excluding tert-OH is 1. The Balaban J connectivity index is 1.53. The van der Waals surface area contributed by atoms with Gasteiger partial charge in [0.05, 0.1) is 30.1 Å². The van der Waals surface area contributed by atoms with E-state index in [0.717, 1.165) is 12.8 Å². The van der Waals surface area contributed by atoms with Gasteiger partial charge in [0.25, 0.3) is 0 Å². The lowest BCUT2D eigenvalue weighted by molar-refractivity contribution is -0.146. The van der Waals surface area contributed by atoms with E-state index < -0.39 is 50.3 Å². The van der Waals surface area contributed by atoms with Crippen LogP contribution >= 0.6 is 7.75 Å². The first kappa shape index (κ1) is 31.5. The molecule has 3 heterocycles. The molecule has 1 saturated heterocycles. The first-order valence-corrected chi connectivity index (χ1v) is 15.3. The highest BCUT2D eigenvalue weighted by atomic mass is 31.2. The van der Waals surface area contributed by atoms with Gasteiger partial charge in [-0.15, -0.1) is 0 Å². The lowest BCUT2D eigenvalue weighted by atomic mass is 9.93. The van der Waals surface area contributed by atoms with Crippen molar-refractivity contribution in [1.82, 2.24) is 19.7 Å². The number of nitrogens with zero attached hydrogens (tertiary/aromatic N) is 4. The van der Waals surface area contributed by atoms with Crippen LogP contribution in [-0.4, -0.2) is 63.3 Å². The molecule has 0 bridgehead atoms. The number of ether oxygens (including phenoxy) is 2. The third kappa shape index (κ3) is 6.48. The SMILES string of the molecule is CCC(CC)COC(=O)[C@H](C)N[P@](=O)(OC[C@H]1O[C@@](C#N)(c2ccc3c(C)ncnn23)[C@H](O)[C@H]1F)Oc1ccccc1. The van der Waals surface area contributed by atoms with Gasteiger partial charge >= 0.3 is 13.7 Å². The molecule has 0 unspecified atom stereocenters. The first-order valence-electron chi connectivity index (χ1n) is 13.7. The maximum Gasteiger partial charge on any atom is 0.459 e. The Morgan fingerprint density at radius 1 is 1.29 bits per heavy atom. The van der Waals surface area contributed by atoms with Crippen LogP contribution < -0.4 is 9.61 Å².